The maximum Gasteiger partial charge on any atom is 0.226 e. The summed E-state index contributed by atoms with van der Waals surface area (Å²) in [6, 6.07) is 15.5. The minimum atomic E-state index is -0.139. The fourth-order valence-corrected chi connectivity index (χ4v) is 2.86. The monoisotopic (exact) mass is 414 g/mol. The van der Waals surface area contributed by atoms with Gasteiger partial charge in [0.25, 0.3) is 0 Å². The van der Waals surface area contributed by atoms with E-state index >= 15 is 0 Å². The number of anilines is 1. The Labute approximate surface area is 178 Å². The van der Waals surface area contributed by atoms with Gasteiger partial charge in [0, 0.05) is 12.1 Å². The van der Waals surface area contributed by atoms with Crippen LogP contribution in [0.1, 0.15) is 46.1 Å². The van der Waals surface area contributed by atoms with Crippen LogP contribution in [0.25, 0.3) is 0 Å². The van der Waals surface area contributed by atoms with Gasteiger partial charge in [-0.1, -0.05) is 32.9 Å². The number of thiocarbonyl (C=S) groups is 1. The number of hydrogen-bond acceptors (Lipinski definition) is 4. The largest absolute Gasteiger partial charge is 0.494 e. The molecule has 0 saturated carbocycles. The lowest BCUT2D eigenvalue weighted by Crippen LogP contribution is -2.34. The van der Waals surface area contributed by atoms with Crippen LogP contribution >= 0.6 is 12.2 Å². The maximum atomic E-state index is 12.0. The maximum absolute atomic E-state index is 12.0. The lowest BCUT2D eigenvalue weighted by molar-refractivity contribution is -0.119. The first-order chi connectivity index (χ1) is 13.8. The van der Waals surface area contributed by atoms with Crippen molar-refractivity contribution in [3.05, 3.63) is 54.1 Å². The average Bonchev–Trinajstić information content (AvgIpc) is 2.66. The smallest absolute Gasteiger partial charge is 0.226 e. The molecule has 0 aliphatic heterocycles. The predicted molar refractivity (Wildman–Crippen MR) is 122 cm³/mol. The summed E-state index contributed by atoms with van der Waals surface area (Å²) in [4.78, 5) is 12.0. The van der Waals surface area contributed by atoms with Gasteiger partial charge >= 0.3 is 0 Å². The molecule has 2 aromatic carbocycles. The van der Waals surface area contributed by atoms with Gasteiger partial charge in [-0.05, 0) is 72.9 Å². The van der Waals surface area contributed by atoms with Crippen molar-refractivity contribution in [1.29, 1.82) is 0 Å². The van der Waals surface area contributed by atoms with Crippen LogP contribution in [-0.4, -0.2) is 24.2 Å². The number of carbonyl (C=O) groups excluding carboxylic acids is 1. The molecule has 0 unspecified atom stereocenters. The van der Waals surface area contributed by atoms with Crippen LogP contribution in [0.5, 0.6) is 11.5 Å². The van der Waals surface area contributed by atoms with Crippen LogP contribution in [0.2, 0.25) is 0 Å². The molecule has 0 atom stereocenters. The van der Waals surface area contributed by atoms with Crippen LogP contribution in [0.4, 0.5) is 5.69 Å². The molecule has 0 aliphatic rings. The van der Waals surface area contributed by atoms with Crippen molar-refractivity contribution in [3.8, 4) is 11.5 Å². The molecular weight excluding hydrogens is 384 g/mol. The van der Waals surface area contributed by atoms with E-state index in [1.54, 1.807) is 0 Å². The topological polar surface area (TPSA) is 59.6 Å². The number of benzene rings is 2. The lowest BCUT2D eigenvalue weighted by Gasteiger charge is -2.19. The molecule has 0 heterocycles. The van der Waals surface area contributed by atoms with E-state index < -0.39 is 0 Å². The summed E-state index contributed by atoms with van der Waals surface area (Å²) >= 11 is 5.19. The van der Waals surface area contributed by atoms with Crippen LogP contribution in [0.3, 0.4) is 0 Å². The molecule has 6 heteroatoms. The zero-order valence-corrected chi connectivity index (χ0v) is 18.4. The summed E-state index contributed by atoms with van der Waals surface area (Å²) < 4.78 is 11.1. The Morgan fingerprint density at radius 1 is 0.966 bits per heavy atom. The normalized spacial score (nSPS) is 10.9. The van der Waals surface area contributed by atoms with Gasteiger partial charge in [0.2, 0.25) is 5.91 Å². The van der Waals surface area contributed by atoms with Gasteiger partial charge < -0.3 is 20.1 Å². The van der Waals surface area contributed by atoms with E-state index in [4.69, 9.17) is 21.7 Å². The third kappa shape index (κ3) is 8.11. The Balaban J connectivity index is 1.66. The van der Waals surface area contributed by atoms with E-state index in [2.05, 4.69) is 43.5 Å². The SMILES string of the molecule is CCOc1ccc(NC(=S)NC(=O)CCCOc2ccc(C(C)(C)C)cc2)cc1. The van der Waals surface area contributed by atoms with E-state index in [1.165, 1.54) is 5.56 Å². The van der Waals surface area contributed by atoms with Crippen molar-refractivity contribution < 1.29 is 14.3 Å². The van der Waals surface area contributed by atoms with Crippen molar-refractivity contribution >= 4 is 28.9 Å². The summed E-state index contributed by atoms with van der Waals surface area (Å²) in [5.41, 5.74) is 2.17. The van der Waals surface area contributed by atoms with Gasteiger partial charge in [0.15, 0.2) is 5.11 Å². The fourth-order valence-electron chi connectivity index (χ4n) is 2.63. The molecule has 0 spiro atoms. The molecule has 156 valence electrons. The number of ether oxygens (including phenoxy) is 2. The first-order valence-corrected chi connectivity index (χ1v) is 10.3. The molecule has 2 aromatic rings. The summed E-state index contributed by atoms with van der Waals surface area (Å²) in [6.07, 6.45) is 0.948. The summed E-state index contributed by atoms with van der Waals surface area (Å²) in [7, 11) is 0. The molecular formula is C23H30N2O3S. The Hall–Kier alpha value is -2.60. The number of nitrogens with one attached hydrogen (secondary N) is 2. The highest BCUT2D eigenvalue weighted by molar-refractivity contribution is 7.80. The van der Waals surface area contributed by atoms with E-state index in [9.17, 15) is 4.79 Å². The molecule has 0 bridgehead atoms. The first kappa shape index (κ1) is 22.7. The predicted octanol–water partition coefficient (Wildman–Crippen LogP) is 5.06. The summed E-state index contributed by atoms with van der Waals surface area (Å²) in [5.74, 6) is 1.47. The molecule has 0 aliphatic carbocycles. The van der Waals surface area contributed by atoms with Crippen LogP contribution < -0.4 is 20.1 Å². The number of hydrogen-bond donors (Lipinski definition) is 2. The van der Waals surface area contributed by atoms with Gasteiger partial charge in [-0.15, -0.1) is 0 Å². The van der Waals surface area contributed by atoms with Crippen molar-refractivity contribution in [1.82, 2.24) is 5.32 Å². The molecule has 0 aromatic heterocycles. The average molecular weight is 415 g/mol. The van der Waals surface area contributed by atoms with Gasteiger partial charge in [-0.2, -0.15) is 0 Å². The van der Waals surface area contributed by atoms with Crippen molar-refractivity contribution in [2.45, 2.75) is 46.0 Å². The number of amides is 1. The molecule has 0 saturated heterocycles. The minimum Gasteiger partial charge on any atom is -0.494 e. The molecule has 0 fully saturated rings. The molecule has 2 rings (SSSR count). The highest BCUT2D eigenvalue weighted by Gasteiger charge is 2.13. The molecule has 2 N–H and O–H groups in total. The van der Waals surface area contributed by atoms with Crippen molar-refractivity contribution in [3.63, 3.8) is 0 Å². The van der Waals surface area contributed by atoms with E-state index in [0.29, 0.717) is 26.1 Å². The quantitative estimate of drug-likeness (QED) is 0.467. The van der Waals surface area contributed by atoms with E-state index in [0.717, 1.165) is 17.2 Å². The first-order valence-electron chi connectivity index (χ1n) is 9.85. The third-order valence-electron chi connectivity index (χ3n) is 4.21. The molecule has 29 heavy (non-hydrogen) atoms. The summed E-state index contributed by atoms with van der Waals surface area (Å²) in [6.45, 7) is 9.56. The second-order valence-electron chi connectivity index (χ2n) is 7.69. The molecule has 5 nitrogen and oxygen atoms in total. The van der Waals surface area contributed by atoms with Gasteiger partial charge in [0.1, 0.15) is 11.5 Å². The standard InChI is InChI=1S/C23H30N2O3S/c1-5-27-19-14-10-18(11-15-19)24-22(29)25-21(26)7-6-16-28-20-12-8-17(9-13-20)23(2,3)4/h8-15H,5-7,16H2,1-4H3,(H2,24,25,26,29). The van der Waals surface area contributed by atoms with Gasteiger partial charge in [-0.25, -0.2) is 0 Å². The second-order valence-corrected chi connectivity index (χ2v) is 8.09. The Kier molecular flexibility index (Phi) is 8.46. The summed E-state index contributed by atoms with van der Waals surface area (Å²) in [5, 5.41) is 5.95. The van der Waals surface area contributed by atoms with Crippen molar-refractivity contribution in [2.75, 3.05) is 18.5 Å². The number of carbonyl (C=O) groups is 1. The lowest BCUT2D eigenvalue weighted by atomic mass is 9.87. The van der Waals surface area contributed by atoms with Crippen LogP contribution in [-0.2, 0) is 10.2 Å². The van der Waals surface area contributed by atoms with Crippen molar-refractivity contribution in [2.24, 2.45) is 0 Å². The highest BCUT2D eigenvalue weighted by Crippen LogP contribution is 2.24. The molecule has 0 radical (unpaired) electrons. The highest BCUT2D eigenvalue weighted by atomic mass is 32.1. The van der Waals surface area contributed by atoms with Crippen LogP contribution in [0.15, 0.2) is 48.5 Å². The van der Waals surface area contributed by atoms with Crippen LogP contribution in [0, 0.1) is 0 Å². The Morgan fingerprint density at radius 3 is 2.14 bits per heavy atom. The molecule has 1 amide bonds. The van der Waals surface area contributed by atoms with Gasteiger partial charge in [0.05, 0.1) is 13.2 Å². The zero-order chi connectivity index (χ0) is 21.3. The Morgan fingerprint density at radius 2 is 1.55 bits per heavy atom. The zero-order valence-electron chi connectivity index (χ0n) is 17.6. The van der Waals surface area contributed by atoms with E-state index in [-0.39, 0.29) is 16.4 Å². The number of rotatable bonds is 8. The second kappa shape index (κ2) is 10.8. The minimum absolute atomic E-state index is 0.119. The Bertz CT molecular complexity index is 796. The third-order valence-corrected chi connectivity index (χ3v) is 4.42. The fraction of sp³-hybridized carbons (Fsp3) is 0.391. The van der Waals surface area contributed by atoms with E-state index in [1.807, 2.05) is 43.3 Å². The van der Waals surface area contributed by atoms with Gasteiger partial charge in [-0.3, -0.25) is 4.79 Å².